The molecule has 2 atom stereocenters. The molecule has 3 aromatic heterocycles. The van der Waals surface area contributed by atoms with Crippen molar-refractivity contribution in [2.75, 3.05) is 24.5 Å². The van der Waals surface area contributed by atoms with Crippen LogP contribution in [0.4, 0.5) is 10.2 Å². The van der Waals surface area contributed by atoms with Crippen molar-refractivity contribution in [1.29, 1.82) is 0 Å². The minimum absolute atomic E-state index is 0.0137. The lowest BCUT2D eigenvalue weighted by Gasteiger charge is -2.20. The highest BCUT2D eigenvalue weighted by molar-refractivity contribution is 5.92. The van der Waals surface area contributed by atoms with Gasteiger partial charge in [-0.1, -0.05) is 0 Å². The first-order valence-electron chi connectivity index (χ1n) is 9.95. The second kappa shape index (κ2) is 6.94. The van der Waals surface area contributed by atoms with Gasteiger partial charge in [0.15, 0.2) is 11.6 Å². The van der Waals surface area contributed by atoms with Crippen LogP contribution in [0.25, 0.3) is 11.0 Å². The molecule has 2 aliphatic rings. The topological polar surface area (TPSA) is 115 Å². The predicted octanol–water partition coefficient (Wildman–Crippen LogP) is 2.34. The quantitative estimate of drug-likeness (QED) is 0.661. The lowest BCUT2D eigenvalue weighted by Crippen LogP contribution is -2.26. The Labute approximate surface area is 170 Å². The van der Waals surface area contributed by atoms with E-state index in [0.29, 0.717) is 25.3 Å². The van der Waals surface area contributed by atoms with E-state index in [-0.39, 0.29) is 34.6 Å². The first kappa shape index (κ1) is 18.8. The number of aromatic carboxylic acids is 1. The SMILES string of the molecule is NC[C@@H]1CN(c2nc3c(cc2F)c(=O)c(C(=O)O)cn3C2CC2)C[C@H]1c1ccco1. The van der Waals surface area contributed by atoms with Crippen LogP contribution in [0, 0.1) is 11.7 Å². The van der Waals surface area contributed by atoms with E-state index in [4.69, 9.17) is 10.2 Å². The van der Waals surface area contributed by atoms with Gasteiger partial charge in [0.25, 0.3) is 0 Å². The molecule has 1 aliphatic heterocycles. The van der Waals surface area contributed by atoms with Gasteiger partial charge in [-0.2, -0.15) is 0 Å². The minimum Gasteiger partial charge on any atom is -0.477 e. The van der Waals surface area contributed by atoms with E-state index in [1.807, 2.05) is 17.0 Å². The summed E-state index contributed by atoms with van der Waals surface area (Å²) >= 11 is 0. The lowest BCUT2D eigenvalue weighted by molar-refractivity contribution is 0.0695. The van der Waals surface area contributed by atoms with Gasteiger partial charge in [0.2, 0.25) is 5.43 Å². The Kier molecular flexibility index (Phi) is 4.35. The molecular weight excluding hydrogens is 391 g/mol. The first-order valence-corrected chi connectivity index (χ1v) is 9.95. The summed E-state index contributed by atoms with van der Waals surface area (Å²) in [5.74, 6) is -0.940. The van der Waals surface area contributed by atoms with Gasteiger partial charge < -0.3 is 24.7 Å². The number of carboxylic acid groups (broad SMARTS) is 1. The highest BCUT2D eigenvalue weighted by Gasteiger charge is 2.37. The zero-order valence-corrected chi connectivity index (χ0v) is 16.1. The zero-order valence-electron chi connectivity index (χ0n) is 16.1. The Morgan fingerprint density at radius 2 is 2.17 bits per heavy atom. The van der Waals surface area contributed by atoms with Crippen LogP contribution in [0.2, 0.25) is 0 Å². The third kappa shape index (κ3) is 2.97. The number of hydrogen-bond acceptors (Lipinski definition) is 6. The van der Waals surface area contributed by atoms with E-state index in [2.05, 4.69) is 4.98 Å². The number of anilines is 1. The molecule has 0 bridgehead atoms. The number of nitrogens with two attached hydrogens (primary N) is 1. The Hall–Kier alpha value is -3.20. The Morgan fingerprint density at radius 3 is 2.80 bits per heavy atom. The van der Waals surface area contributed by atoms with Gasteiger partial charge in [0, 0.05) is 37.2 Å². The molecule has 3 aromatic rings. The van der Waals surface area contributed by atoms with Crippen LogP contribution in [0.5, 0.6) is 0 Å². The van der Waals surface area contributed by atoms with E-state index in [1.165, 1.54) is 6.20 Å². The molecule has 0 amide bonds. The molecule has 1 aliphatic carbocycles. The van der Waals surface area contributed by atoms with Crippen LogP contribution in [-0.4, -0.2) is 40.3 Å². The smallest absolute Gasteiger partial charge is 0.341 e. The molecule has 0 spiro atoms. The summed E-state index contributed by atoms with van der Waals surface area (Å²) in [5.41, 5.74) is 5.18. The Balaban J connectivity index is 1.61. The van der Waals surface area contributed by atoms with Crippen molar-refractivity contribution in [3.63, 3.8) is 0 Å². The van der Waals surface area contributed by atoms with Crippen molar-refractivity contribution in [3.05, 3.63) is 58.0 Å². The number of carboxylic acids is 1. The second-order valence-electron chi connectivity index (χ2n) is 8.00. The van der Waals surface area contributed by atoms with Crippen molar-refractivity contribution in [1.82, 2.24) is 9.55 Å². The number of carbonyl (C=O) groups is 1. The van der Waals surface area contributed by atoms with Gasteiger partial charge in [0.1, 0.15) is 17.0 Å². The fourth-order valence-corrected chi connectivity index (χ4v) is 4.35. The maximum atomic E-state index is 15.1. The Bertz CT molecular complexity index is 1190. The van der Waals surface area contributed by atoms with Gasteiger partial charge in [-0.15, -0.1) is 0 Å². The normalized spacial score (nSPS) is 21.5. The van der Waals surface area contributed by atoms with E-state index < -0.39 is 17.2 Å². The highest BCUT2D eigenvalue weighted by Crippen LogP contribution is 2.39. The van der Waals surface area contributed by atoms with E-state index >= 15 is 4.39 Å². The lowest BCUT2D eigenvalue weighted by atomic mass is 9.94. The molecule has 156 valence electrons. The van der Waals surface area contributed by atoms with Gasteiger partial charge in [0.05, 0.1) is 11.6 Å². The van der Waals surface area contributed by atoms with Crippen LogP contribution in [0.1, 0.15) is 40.9 Å². The van der Waals surface area contributed by atoms with Gasteiger partial charge in [-0.05, 0) is 37.6 Å². The number of pyridine rings is 2. The first-order chi connectivity index (χ1) is 14.5. The summed E-state index contributed by atoms with van der Waals surface area (Å²) in [6.07, 6.45) is 4.67. The maximum Gasteiger partial charge on any atom is 0.341 e. The molecule has 5 rings (SSSR count). The summed E-state index contributed by atoms with van der Waals surface area (Å²) in [5, 5.41) is 9.35. The van der Waals surface area contributed by atoms with E-state index in [9.17, 15) is 14.7 Å². The standard InChI is InChI=1S/C21H21FN4O4/c22-16-6-13-18(27)15(21(28)29)10-26(12-3-4-12)19(13)24-20(16)25-8-11(7-23)14(9-25)17-2-1-5-30-17/h1-2,5-6,10-12,14H,3-4,7-9,23H2,(H,28,29)/t11-,14-/m1/s1. The molecule has 1 saturated heterocycles. The number of fused-ring (bicyclic) bond motifs is 1. The van der Waals surface area contributed by atoms with Crippen LogP contribution < -0.4 is 16.1 Å². The van der Waals surface area contributed by atoms with Crippen molar-refractivity contribution < 1.29 is 18.7 Å². The minimum atomic E-state index is -1.33. The molecule has 9 heteroatoms. The average molecular weight is 412 g/mol. The molecule has 0 unspecified atom stereocenters. The molecule has 1 saturated carbocycles. The number of furan rings is 1. The summed E-state index contributed by atoms with van der Waals surface area (Å²) in [4.78, 5) is 30.4. The fourth-order valence-electron chi connectivity index (χ4n) is 4.35. The molecule has 8 nitrogen and oxygen atoms in total. The molecule has 0 radical (unpaired) electrons. The summed E-state index contributed by atoms with van der Waals surface area (Å²) < 4.78 is 22.3. The molecule has 30 heavy (non-hydrogen) atoms. The molecular formula is C21H21FN4O4. The predicted molar refractivity (Wildman–Crippen MR) is 107 cm³/mol. The zero-order chi connectivity index (χ0) is 21.0. The summed E-state index contributed by atoms with van der Waals surface area (Å²) in [6, 6.07) is 4.89. The van der Waals surface area contributed by atoms with Crippen molar-refractivity contribution >= 4 is 22.8 Å². The van der Waals surface area contributed by atoms with Crippen LogP contribution in [0.15, 0.2) is 39.9 Å². The van der Waals surface area contributed by atoms with Crippen LogP contribution in [-0.2, 0) is 0 Å². The number of rotatable bonds is 5. The number of aromatic nitrogens is 2. The fraction of sp³-hybridized carbons (Fsp3) is 0.381. The monoisotopic (exact) mass is 412 g/mol. The Morgan fingerprint density at radius 1 is 1.37 bits per heavy atom. The van der Waals surface area contributed by atoms with Gasteiger partial charge in [-0.3, -0.25) is 4.79 Å². The number of nitrogens with zero attached hydrogens (tertiary/aromatic N) is 3. The molecule has 4 heterocycles. The third-order valence-corrected chi connectivity index (χ3v) is 6.06. The second-order valence-corrected chi connectivity index (χ2v) is 8.00. The molecule has 2 fully saturated rings. The molecule has 3 N–H and O–H groups in total. The number of halogens is 1. The van der Waals surface area contributed by atoms with Crippen LogP contribution >= 0.6 is 0 Å². The van der Waals surface area contributed by atoms with E-state index in [1.54, 1.807) is 10.8 Å². The van der Waals surface area contributed by atoms with E-state index in [0.717, 1.165) is 24.7 Å². The number of hydrogen-bond donors (Lipinski definition) is 2. The van der Waals surface area contributed by atoms with Crippen molar-refractivity contribution in [2.45, 2.75) is 24.8 Å². The third-order valence-electron chi connectivity index (χ3n) is 6.06. The van der Waals surface area contributed by atoms with Crippen molar-refractivity contribution in [3.8, 4) is 0 Å². The summed E-state index contributed by atoms with van der Waals surface area (Å²) in [6.45, 7) is 1.43. The van der Waals surface area contributed by atoms with Crippen molar-refractivity contribution in [2.24, 2.45) is 11.7 Å². The van der Waals surface area contributed by atoms with Gasteiger partial charge in [-0.25, -0.2) is 14.2 Å². The molecule has 0 aromatic carbocycles. The average Bonchev–Trinajstić information content (AvgIpc) is 3.25. The maximum absolute atomic E-state index is 15.1. The van der Waals surface area contributed by atoms with Crippen LogP contribution in [0.3, 0.4) is 0 Å². The van der Waals surface area contributed by atoms with Gasteiger partial charge >= 0.3 is 5.97 Å². The highest BCUT2D eigenvalue weighted by atomic mass is 19.1. The largest absolute Gasteiger partial charge is 0.477 e. The summed E-state index contributed by atoms with van der Waals surface area (Å²) in [7, 11) is 0.